The van der Waals surface area contributed by atoms with Crippen LogP contribution in [-0.2, 0) is 6.18 Å². The molecule has 3 aromatic rings. The lowest BCUT2D eigenvalue weighted by atomic mass is 10.1. The van der Waals surface area contributed by atoms with Crippen molar-refractivity contribution in [3.05, 3.63) is 46.8 Å². The van der Waals surface area contributed by atoms with Crippen LogP contribution in [0, 0.1) is 6.92 Å². The molecule has 3 heterocycles. The highest BCUT2D eigenvalue weighted by molar-refractivity contribution is 7.13. The molecule has 0 N–H and O–H groups in total. The van der Waals surface area contributed by atoms with Crippen LogP contribution < -0.4 is 4.90 Å². The average Bonchev–Trinajstić information content (AvgIpc) is 3.37. The number of thiazole rings is 1. The molecule has 1 amide bonds. The van der Waals surface area contributed by atoms with Crippen molar-refractivity contribution < 1.29 is 22.5 Å². The Morgan fingerprint density at radius 3 is 2.55 bits per heavy atom. The second-order valence-electron chi connectivity index (χ2n) is 6.55. The van der Waals surface area contributed by atoms with Crippen LogP contribution in [0.5, 0.6) is 0 Å². The Morgan fingerprint density at radius 1 is 1.17 bits per heavy atom. The molecule has 29 heavy (non-hydrogen) atoms. The van der Waals surface area contributed by atoms with E-state index in [1.807, 2.05) is 12.3 Å². The minimum absolute atomic E-state index is 0.193. The van der Waals surface area contributed by atoms with Gasteiger partial charge in [-0.05, 0) is 19.1 Å². The minimum atomic E-state index is -4.71. The van der Waals surface area contributed by atoms with Crippen molar-refractivity contribution in [2.45, 2.75) is 13.1 Å². The average molecular weight is 423 g/mol. The van der Waals surface area contributed by atoms with Gasteiger partial charge in [0.15, 0.2) is 5.13 Å². The Morgan fingerprint density at radius 2 is 1.93 bits per heavy atom. The van der Waals surface area contributed by atoms with Gasteiger partial charge in [0.1, 0.15) is 0 Å². The molecular formula is C18H16F3N5O2S. The molecule has 2 aromatic heterocycles. The van der Waals surface area contributed by atoms with E-state index in [0.717, 1.165) is 10.8 Å². The van der Waals surface area contributed by atoms with Crippen LogP contribution in [0.4, 0.5) is 18.3 Å². The number of aryl methyl sites for hydroxylation is 1. The van der Waals surface area contributed by atoms with Gasteiger partial charge in [0.05, 0.1) is 5.69 Å². The fourth-order valence-electron chi connectivity index (χ4n) is 3.02. The fourth-order valence-corrected chi connectivity index (χ4v) is 3.87. The summed E-state index contributed by atoms with van der Waals surface area (Å²) in [7, 11) is 0. The zero-order valence-electron chi connectivity index (χ0n) is 15.3. The second kappa shape index (κ2) is 7.47. The molecule has 7 nitrogen and oxygen atoms in total. The SMILES string of the molecule is Cc1csc(N2CCN(C(=O)c3cccc(-c4noc(C(F)(F)F)n4)c3)CC2)n1. The van der Waals surface area contributed by atoms with Crippen molar-refractivity contribution in [1.29, 1.82) is 0 Å². The highest BCUT2D eigenvalue weighted by atomic mass is 32.1. The van der Waals surface area contributed by atoms with Gasteiger partial charge in [-0.2, -0.15) is 18.2 Å². The van der Waals surface area contributed by atoms with Crippen LogP contribution in [0.15, 0.2) is 34.2 Å². The van der Waals surface area contributed by atoms with E-state index in [1.54, 1.807) is 28.4 Å². The molecule has 1 aromatic carbocycles. The normalized spacial score (nSPS) is 15.0. The zero-order chi connectivity index (χ0) is 20.6. The molecule has 4 rings (SSSR count). The predicted molar refractivity (Wildman–Crippen MR) is 99.7 cm³/mol. The molecule has 0 radical (unpaired) electrons. The van der Waals surface area contributed by atoms with Gasteiger partial charge in [0.2, 0.25) is 5.82 Å². The summed E-state index contributed by atoms with van der Waals surface area (Å²) in [5.41, 5.74) is 1.61. The second-order valence-corrected chi connectivity index (χ2v) is 7.39. The van der Waals surface area contributed by atoms with Crippen molar-refractivity contribution in [2.75, 3.05) is 31.1 Å². The van der Waals surface area contributed by atoms with Gasteiger partial charge in [-0.25, -0.2) is 4.98 Å². The third kappa shape index (κ3) is 4.09. The predicted octanol–water partition coefficient (Wildman–Crippen LogP) is 3.48. The highest BCUT2D eigenvalue weighted by Crippen LogP contribution is 2.29. The third-order valence-corrected chi connectivity index (χ3v) is 5.50. The number of rotatable bonds is 3. The maximum absolute atomic E-state index is 12.8. The lowest BCUT2D eigenvalue weighted by Crippen LogP contribution is -2.48. The molecule has 1 aliphatic rings. The smallest absolute Gasteiger partial charge is 0.345 e. The lowest BCUT2D eigenvalue weighted by Gasteiger charge is -2.34. The van der Waals surface area contributed by atoms with Gasteiger partial charge >= 0.3 is 12.1 Å². The molecule has 0 unspecified atom stereocenters. The summed E-state index contributed by atoms with van der Waals surface area (Å²) in [5, 5.41) is 6.29. The van der Waals surface area contributed by atoms with Gasteiger partial charge in [-0.1, -0.05) is 17.3 Å². The van der Waals surface area contributed by atoms with E-state index < -0.39 is 12.1 Å². The number of amides is 1. The molecule has 1 fully saturated rings. The summed E-state index contributed by atoms with van der Waals surface area (Å²) in [6.07, 6.45) is -4.71. The molecule has 11 heteroatoms. The molecule has 0 saturated carbocycles. The number of benzene rings is 1. The molecule has 0 spiro atoms. The fraction of sp³-hybridized carbons (Fsp3) is 0.333. The molecule has 1 saturated heterocycles. The van der Waals surface area contributed by atoms with Crippen LogP contribution in [0.2, 0.25) is 0 Å². The summed E-state index contributed by atoms with van der Waals surface area (Å²) in [6.45, 7) is 4.33. The Hall–Kier alpha value is -2.95. The Labute approximate surface area is 167 Å². The van der Waals surface area contributed by atoms with E-state index in [9.17, 15) is 18.0 Å². The first-order valence-electron chi connectivity index (χ1n) is 8.79. The number of halogens is 3. The summed E-state index contributed by atoms with van der Waals surface area (Å²) in [6, 6.07) is 6.21. The van der Waals surface area contributed by atoms with Gasteiger partial charge in [0, 0.05) is 42.7 Å². The largest absolute Gasteiger partial charge is 0.471 e. The topological polar surface area (TPSA) is 75.4 Å². The minimum Gasteiger partial charge on any atom is -0.345 e. The first-order valence-corrected chi connectivity index (χ1v) is 9.67. The number of nitrogens with zero attached hydrogens (tertiary/aromatic N) is 5. The molecular weight excluding hydrogens is 407 g/mol. The van der Waals surface area contributed by atoms with Crippen LogP contribution in [-0.4, -0.2) is 52.1 Å². The van der Waals surface area contributed by atoms with Crippen LogP contribution in [0.1, 0.15) is 21.9 Å². The molecule has 1 aliphatic heterocycles. The summed E-state index contributed by atoms with van der Waals surface area (Å²) in [4.78, 5) is 24.5. The van der Waals surface area contributed by atoms with Crippen molar-refractivity contribution >= 4 is 22.4 Å². The third-order valence-electron chi connectivity index (χ3n) is 4.48. The molecule has 152 valence electrons. The zero-order valence-corrected chi connectivity index (χ0v) is 16.1. The number of carbonyl (C=O) groups is 1. The quantitative estimate of drug-likeness (QED) is 0.642. The maximum atomic E-state index is 12.8. The van der Waals surface area contributed by atoms with Gasteiger partial charge in [0.25, 0.3) is 5.91 Å². The number of alkyl halides is 3. The summed E-state index contributed by atoms with van der Waals surface area (Å²) >= 11 is 1.57. The number of piperazine rings is 1. The van der Waals surface area contributed by atoms with Crippen molar-refractivity contribution in [3.63, 3.8) is 0 Å². The molecule has 0 atom stereocenters. The molecule has 0 bridgehead atoms. The standard InChI is InChI=1S/C18H16F3N5O2S/c1-11-10-29-17(22-11)26-7-5-25(6-8-26)15(27)13-4-2-3-12(9-13)14-23-16(28-24-14)18(19,20)21/h2-4,9-10H,5-8H2,1H3. The molecule has 0 aliphatic carbocycles. The highest BCUT2D eigenvalue weighted by Gasteiger charge is 2.38. The van der Waals surface area contributed by atoms with Crippen LogP contribution >= 0.6 is 11.3 Å². The first kappa shape index (κ1) is 19.4. The number of aromatic nitrogens is 3. The number of hydrogen-bond donors (Lipinski definition) is 0. The van der Waals surface area contributed by atoms with Crippen molar-refractivity contribution in [3.8, 4) is 11.4 Å². The van der Waals surface area contributed by atoms with Crippen molar-refractivity contribution in [1.82, 2.24) is 20.0 Å². The number of anilines is 1. The Bertz CT molecular complexity index is 1020. The monoisotopic (exact) mass is 423 g/mol. The summed E-state index contributed by atoms with van der Waals surface area (Å²) in [5.74, 6) is -1.82. The lowest BCUT2D eigenvalue weighted by molar-refractivity contribution is -0.159. The van der Waals surface area contributed by atoms with Gasteiger partial charge < -0.3 is 14.3 Å². The maximum Gasteiger partial charge on any atom is 0.471 e. The van der Waals surface area contributed by atoms with Gasteiger partial charge in [-0.15, -0.1) is 11.3 Å². The van der Waals surface area contributed by atoms with Crippen LogP contribution in [0.25, 0.3) is 11.4 Å². The Kier molecular flexibility index (Phi) is 4.99. The van der Waals surface area contributed by atoms with E-state index in [-0.39, 0.29) is 17.3 Å². The summed E-state index contributed by atoms with van der Waals surface area (Å²) < 4.78 is 42.2. The van der Waals surface area contributed by atoms with E-state index in [4.69, 9.17) is 0 Å². The van der Waals surface area contributed by atoms with E-state index in [2.05, 4.69) is 24.5 Å². The Balaban J connectivity index is 1.46. The van der Waals surface area contributed by atoms with Gasteiger partial charge in [-0.3, -0.25) is 4.79 Å². The first-order chi connectivity index (χ1) is 13.8. The van der Waals surface area contributed by atoms with Crippen LogP contribution in [0.3, 0.4) is 0 Å². The van der Waals surface area contributed by atoms with E-state index in [0.29, 0.717) is 31.7 Å². The number of carbonyl (C=O) groups excluding carboxylic acids is 1. The van der Waals surface area contributed by atoms with E-state index >= 15 is 0 Å². The van der Waals surface area contributed by atoms with Crippen molar-refractivity contribution in [2.24, 2.45) is 0 Å². The van der Waals surface area contributed by atoms with E-state index in [1.165, 1.54) is 12.1 Å². The number of hydrogen-bond acceptors (Lipinski definition) is 7.